The molecule has 0 saturated heterocycles. The maximum atomic E-state index is 13.5. The molecule has 0 fully saturated rings. The van der Waals surface area contributed by atoms with Crippen molar-refractivity contribution in [1.29, 1.82) is 0 Å². The van der Waals surface area contributed by atoms with Crippen LogP contribution in [0.1, 0.15) is 68.1 Å². The summed E-state index contributed by atoms with van der Waals surface area (Å²) >= 11 is 0. The maximum absolute atomic E-state index is 13.5. The molecule has 0 spiro atoms. The molecular weight excluding hydrogens is 642 g/mol. The molecule has 0 saturated carbocycles. The number of methoxy groups -OCH3 is 1. The summed E-state index contributed by atoms with van der Waals surface area (Å²) in [5, 5.41) is 17.8. The molecule has 4 N–H and O–H groups in total. The van der Waals surface area contributed by atoms with Gasteiger partial charge in [0, 0.05) is 56.2 Å². The molecule has 0 aliphatic carbocycles. The number of amides is 3. The van der Waals surface area contributed by atoms with Crippen LogP contribution in [0.15, 0.2) is 97.2 Å². The van der Waals surface area contributed by atoms with Gasteiger partial charge in [-0.3, -0.25) is 24.8 Å². The van der Waals surface area contributed by atoms with Crippen molar-refractivity contribution in [3.63, 3.8) is 0 Å². The van der Waals surface area contributed by atoms with Gasteiger partial charge in [0.05, 0.1) is 5.69 Å². The third kappa shape index (κ3) is 14.0. The van der Waals surface area contributed by atoms with Crippen LogP contribution in [-0.2, 0) is 27.3 Å². The van der Waals surface area contributed by atoms with Gasteiger partial charge < -0.3 is 20.5 Å². The lowest BCUT2D eigenvalue weighted by Crippen LogP contribution is -2.56. The Bertz CT molecular complexity index is 1610. The highest BCUT2D eigenvalue weighted by Crippen LogP contribution is 2.22. The first-order valence-electron chi connectivity index (χ1n) is 17.3. The highest BCUT2D eigenvalue weighted by atomic mass is 16.4. The third-order valence-electron chi connectivity index (χ3n) is 7.88. The van der Waals surface area contributed by atoms with Gasteiger partial charge in [-0.2, -0.15) is 0 Å². The second kappa shape index (κ2) is 21.9. The molecule has 1 unspecified atom stereocenters. The van der Waals surface area contributed by atoms with E-state index in [0.29, 0.717) is 43.5 Å². The van der Waals surface area contributed by atoms with E-state index in [0.717, 1.165) is 22.4 Å². The lowest BCUT2D eigenvalue weighted by atomic mass is 9.86. The minimum atomic E-state index is -0.757. The molecule has 274 valence electrons. The molecule has 0 bridgehead atoms. The molecule has 4 aromatic rings. The Kier molecular flexibility index (Phi) is 18.1. The number of carbonyl (C=O) groups excluding carboxylic acids is 3. The molecule has 0 radical (unpaired) electrons. The summed E-state index contributed by atoms with van der Waals surface area (Å²) in [6.07, 6.45) is 3.38. The quantitative estimate of drug-likeness (QED) is 0.0877. The number of carbonyl (C=O) groups is 3. The van der Waals surface area contributed by atoms with E-state index in [9.17, 15) is 19.5 Å². The zero-order valence-electron chi connectivity index (χ0n) is 31.3. The van der Waals surface area contributed by atoms with Crippen molar-refractivity contribution in [3.05, 3.63) is 119 Å². The largest absolute Gasteiger partial charge is 0.508 e. The Labute approximate surface area is 303 Å². The fourth-order valence-corrected chi connectivity index (χ4v) is 5.28. The maximum Gasteiger partial charge on any atom is 0.257 e. The summed E-state index contributed by atoms with van der Waals surface area (Å²) in [6, 6.07) is 27.5. The van der Waals surface area contributed by atoms with Gasteiger partial charge in [0.1, 0.15) is 11.8 Å². The van der Waals surface area contributed by atoms with Crippen LogP contribution in [0.25, 0.3) is 11.3 Å². The number of aromatic hydroxyl groups is 1. The highest BCUT2D eigenvalue weighted by Gasteiger charge is 2.32. The Morgan fingerprint density at radius 3 is 2.14 bits per heavy atom. The minimum absolute atomic E-state index is 0.0625. The molecule has 3 aromatic carbocycles. The average Bonchev–Trinajstić information content (AvgIpc) is 3.12. The summed E-state index contributed by atoms with van der Waals surface area (Å²) in [4.78, 5) is 42.7. The Balaban J connectivity index is 0.00000171. The lowest BCUT2D eigenvalue weighted by molar-refractivity contribution is -0.132. The van der Waals surface area contributed by atoms with E-state index in [1.54, 1.807) is 45.5 Å². The van der Waals surface area contributed by atoms with Crippen molar-refractivity contribution >= 4 is 18.2 Å². The summed E-state index contributed by atoms with van der Waals surface area (Å²) in [5.41, 5.74) is 7.31. The molecule has 1 aromatic heterocycles. The number of pyridine rings is 1. The zero-order valence-corrected chi connectivity index (χ0v) is 31.3. The number of benzene rings is 3. The number of nitrogens with one attached hydrogen (secondary N) is 3. The summed E-state index contributed by atoms with van der Waals surface area (Å²) in [7, 11) is 3.25. The summed E-state index contributed by atoms with van der Waals surface area (Å²) < 4.78 is 4.25. The second-order valence-electron chi connectivity index (χ2n) is 12.9. The van der Waals surface area contributed by atoms with Crippen molar-refractivity contribution in [2.75, 3.05) is 20.8 Å². The first-order chi connectivity index (χ1) is 24.5. The predicted octanol–water partition coefficient (Wildman–Crippen LogP) is 6.48. The van der Waals surface area contributed by atoms with Crippen LogP contribution in [0.4, 0.5) is 0 Å². The molecule has 0 aliphatic rings. The average molecular weight is 698 g/mol. The monoisotopic (exact) mass is 697 g/mol. The van der Waals surface area contributed by atoms with E-state index in [-0.39, 0.29) is 23.6 Å². The van der Waals surface area contributed by atoms with Gasteiger partial charge in [-0.15, -0.1) is 0 Å². The van der Waals surface area contributed by atoms with E-state index in [1.807, 2.05) is 112 Å². The smallest absolute Gasteiger partial charge is 0.257 e. The summed E-state index contributed by atoms with van der Waals surface area (Å²) in [5.74, 6) is -0.547. The third-order valence-corrected chi connectivity index (χ3v) is 7.88. The molecule has 1 heterocycles. The first-order valence-corrected chi connectivity index (χ1v) is 17.3. The molecular formula is C41H55N5O5. The number of nitrogens with zero attached hydrogens (tertiary/aromatic N) is 2. The van der Waals surface area contributed by atoms with Gasteiger partial charge in [-0.1, -0.05) is 101 Å². The van der Waals surface area contributed by atoms with Gasteiger partial charge in [0.25, 0.3) is 11.8 Å². The molecule has 0 aliphatic heterocycles. The second-order valence-corrected chi connectivity index (χ2v) is 12.9. The van der Waals surface area contributed by atoms with Crippen molar-refractivity contribution in [2.45, 2.75) is 73.0 Å². The lowest BCUT2D eigenvalue weighted by Gasteiger charge is -2.32. The van der Waals surface area contributed by atoms with Crippen molar-refractivity contribution in [1.82, 2.24) is 26.1 Å². The number of phenols is 1. The standard InChI is InChI=1S/C37H43N5O4.C2H6O.C2H6/c1-26-31(13-10-15-33(26)44)35(45)40-30(23-27-11-6-5-7-12-27)20-22-42(41-36(46)34(39-25-43)37(2,3)4)24-28-16-18-29(19-17-28)32-14-8-9-21-38-32;1-3-2;1-2/h5-19,21,25,30,34,44H,20,22-24H2,1-4H3,(H,39,43)(H,40,45)(H,41,46);1-2H3;1-2H3/t30-,34?;;/m1../s1. The van der Waals surface area contributed by atoms with Crippen LogP contribution in [0.2, 0.25) is 0 Å². The molecule has 10 nitrogen and oxygen atoms in total. The zero-order chi connectivity index (χ0) is 37.8. The molecule has 10 heteroatoms. The number of hydrogen-bond donors (Lipinski definition) is 4. The summed E-state index contributed by atoms with van der Waals surface area (Å²) in [6.45, 7) is 12.2. The number of hydrogen-bond acceptors (Lipinski definition) is 7. The van der Waals surface area contributed by atoms with E-state index < -0.39 is 11.5 Å². The molecule has 3 amide bonds. The molecule has 51 heavy (non-hydrogen) atoms. The van der Waals surface area contributed by atoms with E-state index >= 15 is 0 Å². The van der Waals surface area contributed by atoms with Gasteiger partial charge in [0.15, 0.2) is 0 Å². The van der Waals surface area contributed by atoms with Crippen LogP contribution >= 0.6 is 0 Å². The van der Waals surface area contributed by atoms with E-state index in [2.05, 4.69) is 25.8 Å². The molecule has 2 atom stereocenters. The van der Waals surface area contributed by atoms with Crippen LogP contribution in [-0.4, -0.2) is 66.2 Å². The number of hydrazine groups is 1. The minimum Gasteiger partial charge on any atom is -0.508 e. The van der Waals surface area contributed by atoms with Gasteiger partial charge >= 0.3 is 0 Å². The van der Waals surface area contributed by atoms with Crippen molar-refractivity contribution in [2.24, 2.45) is 5.41 Å². The van der Waals surface area contributed by atoms with E-state index in [1.165, 1.54) is 0 Å². The van der Waals surface area contributed by atoms with Gasteiger partial charge in [-0.25, -0.2) is 5.01 Å². The van der Waals surface area contributed by atoms with Crippen LogP contribution < -0.4 is 16.1 Å². The number of phenolic OH excluding ortho intramolecular Hbond substituents is 1. The van der Waals surface area contributed by atoms with Crippen LogP contribution in [0.3, 0.4) is 0 Å². The number of rotatable bonds is 14. The Morgan fingerprint density at radius 1 is 0.902 bits per heavy atom. The van der Waals surface area contributed by atoms with Crippen molar-refractivity contribution < 1.29 is 24.2 Å². The normalized spacial score (nSPS) is 11.9. The number of aromatic nitrogens is 1. The van der Waals surface area contributed by atoms with Crippen LogP contribution in [0.5, 0.6) is 5.75 Å². The van der Waals surface area contributed by atoms with Gasteiger partial charge in [-0.05, 0) is 60.6 Å². The molecule has 4 rings (SSSR count). The van der Waals surface area contributed by atoms with Crippen LogP contribution in [0, 0.1) is 12.3 Å². The first kappa shape index (κ1) is 42.1. The topological polar surface area (TPSA) is 133 Å². The van der Waals surface area contributed by atoms with Crippen molar-refractivity contribution in [3.8, 4) is 17.0 Å². The van der Waals surface area contributed by atoms with E-state index in [4.69, 9.17) is 0 Å². The predicted molar refractivity (Wildman–Crippen MR) is 204 cm³/mol. The Morgan fingerprint density at radius 2 is 1.55 bits per heavy atom. The van der Waals surface area contributed by atoms with Gasteiger partial charge in [0.2, 0.25) is 6.41 Å². The SMILES string of the molecule is CC.COC.Cc1c(O)cccc1C(=O)N[C@H](CCN(Cc1ccc(-c2ccccn2)cc1)NC(=O)C(NC=O)C(C)(C)C)Cc1ccccc1. The fourth-order valence-electron chi connectivity index (χ4n) is 5.28. The number of ether oxygens (including phenoxy) is 1. The highest BCUT2D eigenvalue weighted by molar-refractivity contribution is 5.96. The Hall–Kier alpha value is -5.06. The fraction of sp³-hybridized carbons (Fsp3) is 0.366.